The zero-order valence-corrected chi connectivity index (χ0v) is 49.0. The van der Waals surface area contributed by atoms with Crippen LogP contribution in [0.4, 0.5) is 43.9 Å². The number of aromatic hydroxyl groups is 2. The first-order chi connectivity index (χ1) is 38.9. The van der Waals surface area contributed by atoms with E-state index in [0.717, 1.165) is 142 Å². The minimum absolute atomic E-state index is 0.00469. The highest BCUT2D eigenvalue weighted by Gasteiger charge is 2.57. The van der Waals surface area contributed by atoms with E-state index < -0.39 is 37.0 Å². The van der Waals surface area contributed by atoms with Crippen LogP contribution >= 0.6 is 23.5 Å². The van der Waals surface area contributed by atoms with Gasteiger partial charge in [-0.2, -0.15) is 67.4 Å². The highest BCUT2D eigenvalue weighted by Crippen LogP contribution is 2.52. The molecule has 4 atom stereocenters. The summed E-state index contributed by atoms with van der Waals surface area (Å²) in [6.07, 6.45) is 3.20. The van der Waals surface area contributed by atoms with Gasteiger partial charge >= 0.3 is 30.2 Å². The molecule has 0 aromatic heterocycles. The number of phenolic OH excluding ortho intramolecular Hbond substituents is 2. The van der Waals surface area contributed by atoms with E-state index in [1.807, 2.05) is 36.4 Å². The quantitative estimate of drug-likeness (QED) is 0.0250. The lowest BCUT2D eigenvalue weighted by atomic mass is 9.66. The number of hydrogen-bond acceptors (Lipinski definition) is 9. The fourth-order valence-electron chi connectivity index (χ4n) is 11.0. The van der Waals surface area contributed by atoms with Gasteiger partial charge in [0.05, 0.1) is 32.5 Å². The van der Waals surface area contributed by atoms with Crippen molar-refractivity contribution in [1.29, 1.82) is 0 Å². The van der Waals surface area contributed by atoms with Gasteiger partial charge in [0.1, 0.15) is 23.0 Å². The van der Waals surface area contributed by atoms with Crippen molar-refractivity contribution in [1.82, 2.24) is 0 Å². The van der Waals surface area contributed by atoms with Crippen molar-refractivity contribution in [2.45, 2.75) is 196 Å². The zero-order chi connectivity index (χ0) is 60.0. The Kier molecular flexibility index (Phi) is 26.8. The number of halogens is 10. The Morgan fingerprint density at radius 2 is 0.878 bits per heavy atom. The molecule has 4 aromatic carbocycles. The van der Waals surface area contributed by atoms with Gasteiger partial charge < -0.3 is 29.5 Å². The summed E-state index contributed by atoms with van der Waals surface area (Å²) in [6, 6.07) is 26.2. The lowest BCUT2D eigenvalue weighted by Crippen LogP contribution is -2.40. The Labute approximate surface area is 486 Å². The van der Waals surface area contributed by atoms with Crippen LogP contribution in [-0.2, 0) is 22.2 Å². The van der Waals surface area contributed by atoms with Crippen molar-refractivity contribution in [3.8, 4) is 23.0 Å². The van der Waals surface area contributed by atoms with Gasteiger partial charge in [-0.05, 0) is 114 Å². The van der Waals surface area contributed by atoms with Crippen molar-refractivity contribution in [3.63, 3.8) is 0 Å². The van der Waals surface area contributed by atoms with Crippen LogP contribution in [0.3, 0.4) is 0 Å². The molecule has 6 rings (SSSR count). The molecule has 2 aliphatic rings. The minimum atomic E-state index is -5.46. The minimum Gasteiger partial charge on any atom is -0.508 e. The highest BCUT2D eigenvalue weighted by atomic mass is 32.2. The molecule has 7 nitrogen and oxygen atoms in total. The Hall–Kier alpha value is -4.49. The van der Waals surface area contributed by atoms with Crippen molar-refractivity contribution in [2.75, 3.05) is 43.3 Å². The fourth-order valence-corrected chi connectivity index (χ4v) is 12.9. The standard InChI is InChI=1S/C32H41F5O4S.C31H41F5O3S/c1-30(24-14-12-23(13-15-24)29(39)40-2)22-41-28-21-25(38)16-17-26(28)27(30)11-8-6-4-3-5-7-9-19-42-20-10-18-31(33,34)32(35,36)37;1-29(24-13-11-23(21-37)12-14-24)22-39-28-20-25(38)15-16-26(28)27(29)10-7-5-3-2-4-6-8-18-40-19-9-17-30(32,33)31(34,35)36/h12-17,21,27,38H,3-11,18-20,22H2,1-2H3;11-16,20,27,37-38H,2-10,17-19,21-22H2,1H3/t27-,30-;27-,29-/m11/s1. The molecule has 19 heteroatoms. The van der Waals surface area contributed by atoms with Crippen LogP contribution in [0.2, 0.25) is 0 Å². The largest absolute Gasteiger partial charge is 0.508 e. The third kappa shape index (κ3) is 19.8. The molecule has 2 aliphatic heterocycles. The number of methoxy groups -OCH3 is 1. The van der Waals surface area contributed by atoms with Crippen molar-refractivity contribution in [3.05, 3.63) is 118 Å². The van der Waals surface area contributed by atoms with Crippen LogP contribution in [0.25, 0.3) is 0 Å². The van der Waals surface area contributed by atoms with E-state index in [-0.39, 0.29) is 59.6 Å². The average molecular weight is 1210 g/mol. The predicted molar refractivity (Wildman–Crippen MR) is 307 cm³/mol. The number of thioether (sulfide) groups is 2. The molecule has 458 valence electrons. The number of esters is 1. The summed E-state index contributed by atoms with van der Waals surface area (Å²) in [5, 5.41) is 29.4. The van der Waals surface area contributed by atoms with Crippen LogP contribution < -0.4 is 9.47 Å². The molecule has 0 spiro atoms. The molecule has 0 bridgehead atoms. The van der Waals surface area contributed by atoms with Gasteiger partial charge in [0, 0.05) is 47.6 Å². The van der Waals surface area contributed by atoms with Crippen LogP contribution in [0.1, 0.15) is 192 Å². The van der Waals surface area contributed by atoms with Crippen LogP contribution in [-0.4, -0.2) is 88.8 Å². The summed E-state index contributed by atoms with van der Waals surface area (Å²) in [6.45, 7) is 5.37. The SMILES string of the molecule is COC(=O)c1ccc([C@@]2(C)COc3cc(O)ccc3[C@H]2CCCCCCCCCSCCCC(F)(F)C(F)(F)F)cc1.C[C@]1(c2ccc(CO)cc2)COc2cc(O)ccc2[C@H]1CCCCCCCCCSCCCC(F)(F)C(F)(F)F. The number of hydrogen-bond donors (Lipinski definition) is 3. The first kappa shape index (κ1) is 68.3. The van der Waals surface area contributed by atoms with Crippen molar-refractivity contribution >= 4 is 29.5 Å². The summed E-state index contributed by atoms with van der Waals surface area (Å²) in [4.78, 5) is 11.9. The molecular formula is C63H82F10O7S2. The number of benzene rings is 4. The van der Waals surface area contributed by atoms with Gasteiger partial charge in [0.15, 0.2) is 0 Å². The Bertz CT molecular complexity index is 2530. The number of carbonyl (C=O) groups excluding carboxylic acids is 1. The Balaban J connectivity index is 0.000000301. The van der Waals surface area contributed by atoms with E-state index in [4.69, 9.17) is 14.2 Å². The Morgan fingerprint density at radius 3 is 1.24 bits per heavy atom. The van der Waals surface area contributed by atoms with Gasteiger partial charge in [0.25, 0.3) is 0 Å². The van der Waals surface area contributed by atoms with Crippen molar-refractivity contribution in [2.24, 2.45) is 0 Å². The van der Waals surface area contributed by atoms with Gasteiger partial charge in [0.2, 0.25) is 0 Å². The van der Waals surface area contributed by atoms with Gasteiger partial charge in [-0.3, -0.25) is 0 Å². The lowest BCUT2D eigenvalue weighted by molar-refractivity contribution is -0.284. The molecule has 0 fully saturated rings. The Morgan fingerprint density at radius 1 is 0.524 bits per heavy atom. The number of fused-ring (bicyclic) bond motifs is 2. The van der Waals surface area contributed by atoms with E-state index >= 15 is 0 Å². The molecule has 0 amide bonds. The van der Waals surface area contributed by atoms with E-state index in [1.54, 1.807) is 36.4 Å². The predicted octanol–water partition coefficient (Wildman–Crippen LogP) is 18.6. The van der Waals surface area contributed by atoms with E-state index in [9.17, 15) is 64.0 Å². The number of rotatable bonds is 32. The number of phenols is 2. The number of alkyl halides is 10. The third-order valence-corrected chi connectivity index (χ3v) is 18.4. The van der Waals surface area contributed by atoms with E-state index in [2.05, 4.69) is 26.0 Å². The summed E-state index contributed by atoms with van der Waals surface area (Å²) in [7, 11) is 1.36. The monoisotopic (exact) mass is 1200 g/mol. The van der Waals surface area contributed by atoms with Gasteiger partial charge in [-0.25, -0.2) is 4.79 Å². The maximum Gasteiger partial charge on any atom is 0.453 e. The second-order valence-corrected chi connectivity index (χ2v) is 24.7. The summed E-state index contributed by atoms with van der Waals surface area (Å²) >= 11 is 2.89. The molecule has 2 heterocycles. The van der Waals surface area contributed by atoms with E-state index in [0.29, 0.717) is 36.0 Å². The molecular weight excluding hydrogens is 1120 g/mol. The first-order valence-electron chi connectivity index (χ1n) is 28.7. The summed E-state index contributed by atoms with van der Waals surface area (Å²) in [5.41, 5.74) is 5.22. The molecule has 0 aliphatic carbocycles. The molecule has 3 N–H and O–H groups in total. The van der Waals surface area contributed by atoms with E-state index in [1.165, 1.54) is 36.2 Å². The summed E-state index contributed by atoms with van der Waals surface area (Å²) < 4.78 is 142. The maximum absolute atomic E-state index is 12.9. The molecule has 4 aromatic rings. The normalized spacial score (nSPS) is 19.0. The first-order valence-corrected chi connectivity index (χ1v) is 31.0. The maximum atomic E-state index is 12.9. The number of carbonyl (C=O) groups is 1. The number of unbranched alkanes of at least 4 members (excludes halogenated alkanes) is 12. The molecule has 0 radical (unpaired) electrons. The number of aliphatic hydroxyl groups excluding tert-OH is 1. The molecule has 0 saturated heterocycles. The molecule has 82 heavy (non-hydrogen) atoms. The lowest BCUT2D eigenvalue weighted by Gasteiger charge is -2.43. The summed E-state index contributed by atoms with van der Waals surface area (Å²) in [5.74, 6) is -5.18. The zero-order valence-electron chi connectivity index (χ0n) is 47.4. The van der Waals surface area contributed by atoms with Gasteiger partial charge in [-0.15, -0.1) is 0 Å². The number of ether oxygens (including phenoxy) is 3. The highest BCUT2D eigenvalue weighted by molar-refractivity contribution is 7.99. The topological polar surface area (TPSA) is 105 Å². The fraction of sp³-hybridized carbons (Fsp3) is 0.603. The average Bonchev–Trinajstić information content (AvgIpc) is 3.42. The van der Waals surface area contributed by atoms with Crippen LogP contribution in [0.15, 0.2) is 84.9 Å². The second kappa shape index (κ2) is 32.1. The third-order valence-electron chi connectivity index (χ3n) is 16.1. The van der Waals surface area contributed by atoms with Crippen LogP contribution in [0.5, 0.6) is 23.0 Å². The second-order valence-electron chi connectivity index (χ2n) is 22.2. The number of aliphatic hydroxyl groups is 1. The molecule has 0 unspecified atom stereocenters. The smallest absolute Gasteiger partial charge is 0.453 e. The van der Waals surface area contributed by atoms with Gasteiger partial charge in [-0.1, -0.05) is 139 Å². The molecule has 0 saturated carbocycles. The van der Waals surface area contributed by atoms with Crippen molar-refractivity contribution < 1.29 is 78.2 Å². The van der Waals surface area contributed by atoms with Crippen LogP contribution in [0, 0.1) is 0 Å².